The van der Waals surface area contributed by atoms with Gasteiger partial charge in [0.1, 0.15) is 11.5 Å². The van der Waals surface area contributed by atoms with E-state index in [0.29, 0.717) is 28.2 Å². The number of ether oxygens (including phenoxy) is 2. The first-order chi connectivity index (χ1) is 13.7. The number of amides is 1. The van der Waals surface area contributed by atoms with E-state index in [0.717, 1.165) is 0 Å². The maximum atomic E-state index is 12.2. The molecule has 0 atom stereocenters. The number of nitrogens with one attached hydrogen (secondary N) is 1. The zero-order valence-corrected chi connectivity index (χ0v) is 15.2. The molecule has 140 valence electrons. The molecule has 0 fully saturated rings. The van der Waals surface area contributed by atoms with Crippen molar-refractivity contribution in [2.75, 3.05) is 7.11 Å². The Morgan fingerprint density at radius 1 is 0.857 bits per heavy atom. The summed E-state index contributed by atoms with van der Waals surface area (Å²) in [4.78, 5) is 24.2. The summed E-state index contributed by atoms with van der Waals surface area (Å²) in [6.07, 6.45) is 1.48. The molecule has 0 bridgehead atoms. The van der Waals surface area contributed by atoms with Crippen molar-refractivity contribution in [2.24, 2.45) is 5.10 Å². The number of carbonyl (C=O) groups excluding carboxylic acids is 2. The molecule has 1 amide bonds. The van der Waals surface area contributed by atoms with Gasteiger partial charge in [0.15, 0.2) is 0 Å². The summed E-state index contributed by atoms with van der Waals surface area (Å²) in [6, 6.07) is 22.3. The summed E-state index contributed by atoms with van der Waals surface area (Å²) in [5.74, 6) is 0.250. The van der Waals surface area contributed by atoms with Crippen molar-refractivity contribution in [3.05, 3.63) is 95.6 Å². The van der Waals surface area contributed by atoms with E-state index in [2.05, 4.69) is 10.5 Å². The van der Waals surface area contributed by atoms with E-state index < -0.39 is 5.97 Å². The van der Waals surface area contributed by atoms with Crippen LogP contribution < -0.4 is 14.9 Å². The van der Waals surface area contributed by atoms with E-state index in [1.807, 2.05) is 6.07 Å². The monoisotopic (exact) mass is 374 g/mol. The van der Waals surface area contributed by atoms with Crippen molar-refractivity contribution in [3.8, 4) is 11.5 Å². The van der Waals surface area contributed by atoms with Gasteiger partial charge in [-0.25, -0.2) is 10.2 Å². The molecule has 0 saturated heterocycles. The molecule has 3 aromatic rings. The van der Waals surface area contributed by atoms with Crippen molar-refractivity contribution in [3.63, 3.8) is 0 Å². The van der Waals surface area contributed by atoms with Gasteiger partial charge >= 0.3 is 5.97 Å². The average molecular weight is 374 g/mol. The van der Waals surface area contributed by atoms with Crippen molar-refractivity contribution in [1.29, 1.82) is 0 Å². The fourth-order valence-corrected chi connectivity index (χ4v) is 2.37. The molecule has 0 aromatic heterocycles. The molecule has 0 aliphatic heterocycles. The molecule has 3 rings (SSSR count). The Morgan fingerprint density at radius 3 is 2.32 bits per heavy atom. The highest BCUT2D eigenvalue weighted by atomic mass is 16.5. The fourth-order valence-electron chi connectivity index (χ4n) is 2.37. The third kappa shape index (κ3) is 5.04. The van der Waals surface area contributed by atoms with Gasteiger partial charge in [-0.2, -0.15) is 5.10 Å². The van der Waals surface area contributed by atoms with Crippen molar-refractivity contribution < 1.29 is 19.1 Å². The molecule has 0 unspecified atom stereocenters. The number of rotatable bonds is 6. The average Bonchev–Trinajstić information content (AvgIpc) is 2.74. The number of esters is 1. The Labute approximate surface area is 162 Å². The Bertz CT molecular complexity index is 983. The number of methoxy groups -OCH3 is 1. The highest BCUT2D eigenvalue weighted by Gasteiger charge is 2.09. The number of benzene rings is 3. The molecule has 0 aliphatic carbocycles. The van der Waals surface area contributed by atoms with Crippen molar-refractivity contribution >= 4 is 18.1 Å². The lowest BCUT2D eigenvalue weighted by atomic mass is 10.2. The van der Waals surface area contributed by atoms with Gasteiger partial charge < -0.3 is 9.47 Å². The third-order valence-corrected chi connectivity index (χ3v) is 3.81. The zero-order valence-electron chi connectivity index (χ0n) is 15.2. The van der Waals surface area contributed by atoms with E-state index in [-0.39, 0.29) is 5.91 Å². The minimum Gasteiger partial charge on any atom is -0.497 e. The second-order valence-corrected chi connectivity index (χ2v) is 5.76. The lowest BCUT2D eigenvalue weighted by Crippen LogP contribution is -2.17. The van der Waals surface area contributed by atoms with Crippen LogP contribution in [0.4, 0.5) is 0 Å². The molecule has 3 aromatic carbocycles. The van der Waals surface area contributed by atoms with Crippen LogP contribution >= 0.6 is 0 Å². The van der Waals surface area contributed by atoms with Crippen LogP contribution in [0.15, 0.2) is 84.0 Å². The van der Waals surface area contributed by atoms with Gasteiger partial charge in [0, 0.05) is 5.56 Å². The number of carbonyl (C=O) groups is 2. The first-order valence-electron chi connectivity index (χ1n) is 8.50. The predicted octanol–water partition coefficient (Wildman–Crippen LogP) is 3.68. The Kier molecular flexibility index (Phi) is 6.15. The van der Waals surface area contributed by atoms with Crippen molar-refractivity contribution in [2.45, 2.75) is 0 Å². The van der Waals surface area contributed by atoms with Crippen LogP contribution in [-0.2, 0) is 0 Å². The largest absolute Gasteiger partial charge is 0.497 e. The molecular weight excluding hydrogens is 356 g/mol. The smallest absolute Gasteiger partial charge is 0.343 e. The molecule has 6 heteroatoms. The molecule has 0 heterocycles. The summed E-state index contributed by atoms with van der Waals surface area (Å²) >= 11 is 0. The molecule has 0 spiro atoms. The van der Waals surface area contributed by atoms with Crippen LogP contribution in [0.25, 0.3) is 0 Å². The second kappa shape index (κ2) is 9.14. The number of hydrogen-bond donors (Lipinski definition) is 1. The summed E-state index contributed by atoms with van der Waals surface area (Å²) in [5, 5.41) is 3.94. The van der Waals surface area contributed by atoms with E-state index in [4.69, 9.17) is 9.47 Å². The summed E-state index contributed by atoms with van der Waals surface area (Å²) < 4.78 is 10.5. The number of hydrogen-bond acceptors (Lipinski definition) is 5. The molecule has 1 N–H and O–H groups in total. The minimum absolute atomic E-state index is 0.307. The molecule has 0 saturated carbocycles. The van der Waals surface area contributed by atoms with E-state index >= 15 is 0 Å². The van der Waals surface area contributed by atoms with Gasteiger partial charge in [0.25, 0.3) is 5.91 Å². The lowest BCUT2D eigenvalue weighted by molar-refractivity contribution is 0.0734. The predicted molar refractivity (Wildman–Crippen MR) is 106 cm³/mol. The molecule has 0 aliphatic rings. The quantitative estimate of drug-likeness (QED) is 0.309. The normalized spacial score (nSPS) is 10.5. The first kappa shape index (κ1) is 18.8. The van der Waals surface area contributed by atoms with E-state index in [1.165, 1.54) is 6.21 Å². The zero-order chi connectivity index (χ0) is 19.8. The first-order valence-corrected chi connectivity index (χ1v) is 8.50. The van der Waals surface area contributed by atoms with Gasteiger partial charge in [-0.15, -0.1) is 0 Å². The summed E-state index contributed by atoms with van der Waals surface area (Å²) in [7, 11) is 1.56. The van der Waals surface area contributed by atoms with Crippen LogP contribution in [0.5, 0.6) is 11.5 Å². The molecule has 0 radical (unpaired) electrons. The van der Waals surface area contributed by atoms with Gasteiger partial charge in [-0.3, -0.25) is 4.79 Å². The molecular formula is C22H18N2O4. The summed E-state index contributed by atoms with van der Waals surface area (Å²) in [5.41, 5.74) is 4.06. The highest BCUT2D eigenvalue weighted by Crippen LogP contribution is 2.16. The third-order valence-electron chi connectivity index (χ3n) is 3.81. The highest BCUT2D eigenvalue weighted by molar-refractivity contribution is 5.95. The van der Waals surface area contributed by atoms with Crippen LogP contribution in [0.1, 0.15) is 26.3 Å². The number of nitrogens with zero attached hydrogens (tertiary/aromatic N) is 1. The summed E-state index contributed by atoms with van der Waals surface area (Å²) in [6.45, 7) is 0. The van der Waals surface area contributed by atoms with E-state index in [1.54, 1.807) is 79.9 Å². The van der Waals surface area contributed by atoms with Gasteiger partial charge in [-0.05, 0) is 54.1 Å². The molecule has 28 heavy (non-hydrogen) atoms. The standard InChI is InChI=1S/C22H18N2O4/c1-27-19-12-10-18(11-13-19)22(26)28-20-9-5-6-16(14-20)15-23-24-21(25)17-7-3-2-4-8-17/h2-15H,1H3,(H,24,25)/b23-15+. The Hall–Kier alpha value is -3.93. The van der Waals surface area contributed by atoms with Crippen LogP contribution in [0, 0.1) is 0 Å². The van der Waals surface area contributed by atoms with Crippen LogP contribution in [0.2, 0.25) is 0 Å². The van der Waals surface area contributed by atoms with Gasteiger partial charge in [0.05, 0.1) is 18.9 Å². The topological polar surface area (TPSA) is 77.0 Å². The SMILES string of the molecule is COc1ccc(C(=O)Oc2cccc(/C=N/NC(=O)c3ccccc3)c2)cc1. The van der Waals surface area contributed by atoms with Gasteiger partial charge in [-0.1, -0.05) is 30.3 Å². The Morgan fingerprint density at radius 2 is 1.61 bits per heavy atom. The maximum Gasteiger partial charge on any atom is 0.343 e. The van der Waals surface area contributed by atoms with Crippen molar-refractivity contribution in [1.82, 2.24) is 5.43 Å². The molecule has 6 nitrogen and oxygen atoms in total. The van der Waals surface area contributed by atoms with Crippen LogP contribution in [-0.4, -0.2) is 25.2 Å². The number of hydrazone groups is 1. The van der Waals surface area contributed by atoms with Gasteiger partial charge in [0.2, 0.25) is 0 Å². The fraction of sp³-hybridized carbons (Fsp3) is 0.0455. The van der Waals surface area contributed by atoms with Crippen LogP contribution in [0.3, 0.4) is 0 Å². The minimum atomic E-state index is -0.478. The second-order valence-electron chi connectivity index (χ2n) is 5.76. The van der Waals surface area contributed by atoms with E-state index in [9.17, 15) is 9.59 Å². The maximum absolute atomic E-state index is 12.2. The Balaban J connectivity index is 1.61. The lowest BCUT2D eigenvalue weighted by Gasteiger charge is -2.06.